The molecule has 7 nitrogen and oxygen atoms in total. The smallest absolute Gasteiger partial charge is 0.416 e. The third-order valence-corrected chi connectivity index (χ3v) is 5.11. The SMILES string of the molecule is CC#CCn1c(NCc2ccc(C(F)(F)F)cc2)nc2c(c1=O)CN(C(=O)OC(C)(C)C)CC2. The minimum atomic E-state index is -4.40. The van der Waals surface area contributed by atoms with Crippen molar-refractivity contribution in [1.29, 1.82) is 0 Å². The maximum Gasteiger partial charge on any atom is 0.416 e. The van der Waals surface area contributed by atoms with Crippen LogP contribution in [0.15, 0.2) is 29.1 Å². The van der Waals surface area contributed by atoms with Gasteiger partial charge in [0.15, 0.2) is 0 Å². The molecule has 1 aliphatic heterocycles. The lowest BCUT2D eigenvalue weighted by atomic mass is 10.1. The van der Waals surface area contributed by atoms with Crippen molar-refractivity contribution < 1.29 is 22.7 Å². The number of nitrogens with one attached hydrogen (secondary N) is 1. The molecule has 1 aliphatic rings. The number of nitrogens with zero attached hydrogens (tertiary/aromatic N) is 3. The molecule has 2 heterocycles. The number of hydrogen-bond acceptors (Lipinski definition) is 5. The van der Waals surface area contributed by atoms with Gasteiger partial charge in [0.1, 0.15) is 5.60 Å². The Morgan fingerprint density at radius 3 is 2.47 bits per heavy atom. The second-order valence-corrected chi connectivity index (χ2v) is 8.88. The lowest BCUT2D eigenvalue weighted by Crippen LogP contribution is -2.43. The van der Waals surface area contributed by atoms with E-state index in [4.69, 9.17) is 4.74 Å². The number of fused-ring (bicyclic) bond motifs is 1. The van der Waals surface area contributed by atoms with E-state index in [0.717, 1.165) is 12.1 Å². The Morgan fingerprint density at radius 2 is 1.88 bits per heavy atom. The Morgan fingerprint density at radius 1 is 1.21 bits per heavy atom. The third-order valence-electron chi connectivity index (χ3n) is 5.11. The molecular weight excluding hydrogens is 449 g/mol. The molecule has 0 radical (unpaired) electrons. The van der Waals surface area contributed by atoms with Gasteiger partial charge in [-0.05, 0) is 45.4 Å². The Labute approximate surface area is 195 Å². The summed E-state index contributed by atoms with van der Waals surface area (Å²) < 4.78 is 45.2. The number of hydrogen-bond donors (Lipinski definition) is 1. The largest absolute Gasteiger partial charge is 0.444 e. The van der Waals surface area contributed by atoms with Crippen LogP contribution in [0.4, 0.5) is 23.9 Å². The average molecular weight is 476 g/mol. The molecule has 0 saturated carbocycles. The molecule has 0 spiro atoms. The highest BCUT2D eigenvalue weighted by atomic mass is 19.4. The van der Waals surface area contributed by atoms with E-state index in [1.807, 2.05) is 0 Å². The maximum absolute atomic E-state index is 13.3. The number of halogens is 3. The van der Waals surface area contributed by atoms with Crippen LogP contribution in [0, 0.1) is 11.8 Å². The van der Waals surface area contributed by atoms with Crippen LogP contribution in [0.2, 0.25) is 0 Å². The van der Waals surface area contributed by atoms with E-state index in [0.29, 0.717) is 29.8 Å². The van der Waals surface area contributed by atoms with Crippen molar-refractivity contribution >= 4 is 12.0 Å². The molecule has 1 aromatic heterocycles. The first-order chi connectivity index (χ1) is 15.9. The minimum absolute atomic E-state index is 0.0782. The fraction of sp³-hybridized carbons (Fsp3) is 0.458. The van der Waals surface area contributed by atoms with Crippen molar-refractivity contribution in [3.8, 4) is 11.8 Å². The molecule has 0 atom stereocenters. The monoisotopic (exact) mass is 476 g/mol. The zero-order chi connectivity index (χ0) is 25.1. The predicted molar refractivity (Wildman–Crippen MR) is 121 cm³/mol. The predicted octanol–water partition coefficient (Wildman–Crippen LogP) is 4.19. The molecule has 0 aliphatic carbocycles. The van der Waals surface area contributed by atoms with E-state index in [1.54, 1.807) is 27.7 Å². The summed E-state index contributed by atoms with van der Waals surface area (Å²) in [4.78, 5) is 31.8. The second kappa shape index (κ2) is 9.79. The number of benzene rings is 1. The van der Waals surface area contributed by atoms with Gasteiger partial charge in [-0.2, -0.15) is 13.2 Å². The summed E-state index contributed by atoms with van der Waals surface area (Å²) in [6.45, 7) is 7.65. The topological polar surface area (TPSA) is 76.5 Å². The number of aromatic nitrogens is 2. The lowest BCUT2D eigenvalue weighted by molar-refractivity contribution is -0.137. The highest BCUT2D eigenvalue weighted by molar-refractivity contribution is 5.68. The molecule has 0 unspecified atom stereocenters. The number of amides is 1. The number of anilines is 1. The highest BCUT2D eigenvalue weighted by Gasteiger charge is 2.30. The van der Waals surface area contributed by atoms with Crippen molar-refractivity contribution in [2.75, 3.05) is 11.9 Å². The first kappa shape index (κ1) is 25.1. The molecular formula is C24H27F3N4O3. The van der Waals surface area contributed by atoms with Gasteiger partial charge in [0.2, 0.25) is 5.95 Å². The van der Waals surface area contributed by atoms with Crippen molar-refractivity contribution in [1.82, 2.24) is 14.5 Å². The maximum atomic E-state index is 13.3. The summed E-state index contributed by atoms with van der Waals surface area (Å²) in [5.41, 5.74) is -0.137. The number of carbonyl (C=O) groups is 1. The molecule has 182 valence electrons. The van der Waals surface area contributed by atoms with E-state index in [9.17, 15) is 22.8 Å². The van der Waals surface area contributed by atoms with E-state index in [-0.39, 0.29) is 31.1 Å². The van der Waals surface area contributed by atoms with Gasteiger partial charge in [-0.15, -0.1) is 5.92 Å². The molecule has 3 rings (SSSR count). The Bertz CT molecular complexity index is 1170. The molecule has 1 aromatic carbocycles. The van der Waals surface area contributed by atoms with E-state index in [1.165, 1.54) is 21.6 Å². The molecule has 10 heteroatoms. The third kappa shape index (κ3) is 6.10. The summed E-state index contributed by atoms with van der Waals surface area (Å²) in [6, 6.07) is 4.78. The second-order valence-electron chi connectivity index (χ2n) is 8.88. The fourth-order valence-electron chi connectivity index (χ4n) is 3.43. The number of carbonyl (C=O) groups excluding carboxylic acids is 1. The zero-order valence-electron chi connectivity index (χ0n) is 19.5. The highest BCUT2D eigenvalue weighted by Crippen LogP contribution is 2.29. The zero-order valence-corrected chi connectivity index (χ0v) is 19.5. The lowest BCUT2D eigenvalue weighted by Gasteiger charge is -2.31. The van der Waals surface area contributed by atoms with Gasteiger partial charge < -0.3 is 15.0 Å². The van der Waals surface area contributed by atoms with Crippen LogP contribution in [0.25, 0.3) is 0 Å². The van der Waals surface area contributed by atoms with Gasteiger partial charge in [0, 0.05) is 19.5 Å². The molecule has 1 N–H and O–H groups in total. The summed E-state index contributed by atoms with van der Waals surface area (Å²) in [5.74, 6) is 5.86. The van der Waals surface area contributed by atoms with Gasteiger partial charge in [-0.1, -0.05) is 18.1 Å². The van der Waals surface area contributed by atoms with Gasteiger partial charge in [-0.25, -0.2) is 9.78 Å². The van der Waals surface area contributed by atoms with Crippen LogP contribution in [-0.2, 0) is 37.0 Å². The van der Waals surface area contributed by atoms with Crippen LogP contribution >= 0.6 is 0 Å². The van der Waals surface area contributed by atoms with Gasteiger partial charge in [0.25, 0.3) is 5.56 Å². The standard InChI is InChI=1S/C24H27F3N4O3/c1-5-6-12-31-20(32)18-15-30(22(33)34-23(2,3)4)13-11-19(18)29-21(31)28-14-16-7-9-17(10-8-16)24(25,26)27/h7-10H,11-15H2,1-4H3,(H,28,29). The Hall–Kier alpha value is -3.48. The quantitative estimate of drug-likeness (QED) is 0.670. The number of ether oxygens (including phenoxy) is 1. The van der Waals surface area contributed by atoms with Crippen LogP contribution in [-0.4, -0.2) is 32.7 Å². The van der Waals surface area contributed by atoms with Crippen LogP contribution in [0.3, 0.4) is 0 Å². The van der Waals surface area contributed by atoms with Crippen LogP contribution < -0.4 is 10.9 Å². The average Bonchev–Trinajstić information content (AvgIpc) is 2.75. The summed E-state index contributed by atoms with van der Waals surface area (Å²) in [7, 11) is 0. The van der Waals surface area contributed by atoms with Gasteiger partial charge in [0.05, 0.1) is 29.9 Å². The molecule has 34 heavy (non-hydrogen) atoms. The summed E-state index contributed by atoms with van der Waals surface area (Å²) in [5, 5.41) is 3.05. The number of rotatable bonds is 4. The number of alkyl halides is 3. The first-order valence-electron chi connectivity index (χ1n) is 10.8. The molecule has 0 saturated heterocycles. The summed E-state index contributed by atoms with van der Waals surface area (Å²) >= 11 is 0. The molecule has 0 fully saturated rings. The van der Waals surface area contributed by atoms with Crippen molar-refractivity contribution in [2.45, 2.75) is 65.5 Å². The van der Waals surface area contributed by atoms with Crippen LogP contribution in [0.1, 0.15) is 50.1 Å². The first-order valence-corrected chi connectivity index (χ1v) is 10.8. The van der Waals surface area contributed by atoms with Gasteiger partial charge in [-0.3, -0.25) is 9.36 Å². The van der Waals surface area contributed by atoms with Crippen LogP contribution in [0.5, 0.6) is 0 Å². The minimum Gasteiger partial charge on any atom is -0.444 e. The van der Waals surface area contributed by atoms with Crippen molar-refractivity contribution in [3.63, 3.8) is 0 Å². The molecule has 2 aromatic rings. The fourth-order valence-corrected chi connectivity index (χ4v) is 3.43. The van der Waals surface area contributed by atoms with E-state index in [2.05, 4.69) is 22.1 Å². The van der Waals surface area contributed by atoms with Crippen molar-refractivity contribution in [3.05, 3.63) is 57.0 Å². The van der Waals surface area contributed by atoms with Gasteiger partial charge >= 0.3 is 12.3 Å². The Balaban J connectivity index is 1.85. The Kier molecular flexibility index (Phi) is 7.24. The van der Waals surface area contributed by atoms with E-state index >= 15 is 0 Å². The van der Waals surface area contributed by atoms with Crippen molar-refractivity contribution in [2.24, 2.45) is 0 Å². The molecule has 0 bridgehead atoms. The molecule has 1 amide bonds. The summed E-state index contributed by atoms with van der Waals surface area (Å²) in [6.07, 6.45) is -4.53. The van der Waals surface area contributed by atoms with E-state index < -0.39 is 23.4 Å². The normalized spacial score (nSPS) is 13.6.